The zero-order chi connectivity index (χ0) is 12.4. The van der Waals surface area contributed by atoms with E-state index in [4.69, 9.17) is 29.6 Å². The summed E-state index contributed by atoms with van der Waals surface area (Å²) in [6.07, 6.45) is 3.75. The number of benzene rings is 1. The van der Waals surface area contributed by atoms with E-state index in [-0.39, 0.29) is 0 Å². The second kappa shape index (κ2) is 5.23. The van der Waals surface area contributed by atoms with E-state index in [2.05, 4.69) is 12.2 Å². The third kappa shape index (κ3) is 2.90. The fourth-order valence-corrected chi connectivity index (χ4v) is 2.76. The van der Waals surface area contributed by atoms with Gasteiger partial charge in [-0.15, -0.1) is 0 Å². The molecular formula is C13H17ClN2S. The highest BCUT2D eigenvalue weighted by Gasteiger charge is 2.36. The standard InChI is InChI=1S/C13H17ClN2S/c1-2-4-8-7-11(8)16-10-6-3-5-9(14)12(10)13(15)17/h3,5-6,8,11,16H,2,4,7H2,1H3,(H2,15,17). The smallest absolute Gasteiger partial charge is 0.107 e. The third-order valence-corrected chi connectivity index (χ3v) is 3.70. The van der Waals surface area contributed by atoms with Crippen LogP contribution >= 0.6 is 23.8 Å². The maximum absolute atomic E-state index is 6.12. The molecule has 17 heavy (non-hydrogen) atoms. The Kier molecular flexibility index (Phi) is 3.89. The normalized spacial score (nSPS) is 22.2. The van der Waals surface area contributed by atoms with E-state index < -0.39 is 0 Å². The molecule has 92 valence electrons. The molecular weight excluding hydrogens is 252 g/mol. The molecule has 2 unspecified atom stereocenters. The molecule has 2 atom stereocenters. The van der Waals surface area contributed by atoms with Gasteiger partial charge in [-0.05, 0) is 30.9 Å². The van der Waals surface area contributed by atoms with E-state index in [0.29, 0.717) is 16.1 Å². The van der Waals surface area contributed by atoms with Crippen LogP contribution in [0, 0.1) is 5.92 Å². The molecule has 1 saturated carbocycles. The number of halogens is 1. The number of hydrogen-bond acceptors (Lipinski definition) is 2. The maximum atomic E-state index is 6.12. The third-order valence-electron chi connectivity index (χ3n) is 3.18. The Morgan fingerprint density at radius 3 is 3.00 bits per heavy atom. The molecule has 4 heteroatoms. The summed E-state index contributed by atoms with van der Waals surface area (Å²) in [6, 6.07) is 6.28. The lowest BCUT2D eigenvalue weighted by atomic mass is 10.1. The van der Waals surface area contributed by atoms with Gasteiger partial charge in [0.2, 0.25) is 0 Å². The van der Waals surface area contributed by atoms with Crippen molar-refractivity contribution in [2.24, 2.45) is 11.7 Å². The zero-order valence-electron chi connectivity index (χ0n) is 9.87. The highest BCUT2D eigenvalue weighted by atomic mass is 35.5. The number of nitrogens with one attached hydrogen (secondary N) is 1. The van der Waals surface area contributed by atoms with Crippen molar-refractivity contribution in [2.45, 2.75) is 32.2 Å². The summed E-state index contributed by atoms with van der Waals surface area (Å²) in [5.41, 5.74) is 7.45. The molecule has 0 saturated heterocycles. The van der Waals surface area contributed by atoms with Gasteiger partial charge in [0.15, 0.2) is 0 Å². The van der Waals surface area contributed by atoms with Gasteiger partial charge in [-0.25, -0.2) is 0 Å². The van der Waals surface area contributed by atoms with Gasteiger partial charge in [0.25, 0.3) is 0 Å². The highest BCUT2D eigenvalue weighted by molar-refractivity contribution is 7.80. The Morgan fingerprint density at radius 2 is 2.35 bits per heavy atom. The molecule has 0 radical (unpaired) electrons. The average Bonchev–Trinajstić information content (AvgIpc) is 2.96. The first-order valence-electron chi connectivity index (χ1n) is 5.98. The molecule has 1 aliphatic rings. The number of rotatable bonds is 5. The lowest BCUT2D eigenvalue weighted by Crippen LogP contribution is -2.15. The van der Waals surface area contributed by atoms with Gasteiger partial charge < -0.3 is 11.1 Å². The second-order valence-electron chi connectivity index (χ2n) is 4.56. The van der Waals surface area contributed by atoms with Crippen LogP contribution in [0.3, 0.4) is 0 Å². The number of anilines is 1. The molecule has 0 aromatic heterocycles. The van der Waals surface area contributed by atoms with Crippen LogP contribution in [-0.2, 0) is 0 Å². The van der Waals surface area contributed by atoms with E-state index in [0.717, 1.165) is 17.2 Å². The molecule has 0 heterocycles. The van der Waals surface area contributed by atoms with Crippen molar-refractivity contribution in [3.8, 4) is 0 Å². The lowest BCUT2D eigenvalue weighted by Gasteiger charge is -2.12. The predicted molar refractivity (Wildman–Crippen MR) is 77.8 cm³/mol. The highest BCUT2D eigenvalue weighted by Crippen LogP contribution is 2.38. The summed E-state index contributed by atoms with van der Waals surface area (Å²) < 4.78 is 0. The Balaban J connectivity index is 2.11. The largest absolute Gasteiger partial charge is 0.389 e. The average molecular weight is 269 g/mol. The number of nitrogens with two attached hydrogens (primary N) is 1. The van der Waals surface area contributed by atoms with Gasteiger partial charge >= 0.3 is 0 Å². The Bertz CT molecular complexity index is 433. The van der Waals surface area contributed by atoms with Gasteiger partial charge in [-0.3, -0.25) is 0 Å². The molecule has 3 N–H and O–H groups in total. The quantitative estimate of drug-likeness (QED) is 0.802. The Hall–Kier alpha value is -0.800. The molecule has 0 amide bonds. The molecule has 2 nitrogen and oxygen atoms in total. The van der Waals surface area contributed by atoms with Crippen LogP contribution in [0.1, 0.15) is 31.7 Å². The number of thiocarbonyl (C=S) groups is 1. The summed E-state index contributed by atoms with van der Waals surface area (Å²) in [6.45, 7) is 2.22. The van der Waals surface area contributed by atoms with Crippen molar-refractivity contribution in [3.63, 3.8) is 0 Å². The Labute approximate surface area is 113 Å². The molecule has 0 spiro atoms. The van der Waals surface area contributed by atoms with Gasteiger partial charge in [-0.1, -0.05) is 43.2 Å². The van der Waals surface area contributed by atoms with Crippen molar-refractivity contribution in [1.82, 2.24) is 0 Å². The fourth-order valence-electron chi connectivity index (χ4n) is 2.21. The van der Waals surface area contributed by atoms with Crippen molar-refractivity contribution in [3.05, 3.63) is 28.8 Å². The van der Waals surface area contributed by atoms with Crippen LogP contribution in [0.25, 0.3) is 0 Å². The molecule has 1 fully saturated rings. The van der Waals surface area contributed by atoms with E-state index in [9.17, 15) is 0 Å². The van der Waals surface area contributed by atoms with Gasteiger partial charge in [-0.2, -0.15) is 0 Å². The van der Waals surface area contributed by atoms with Gasteiger partial charge in [0, 0.05) is 11.7 Å². The SMILES string of the molecule is CCCC1CC1Nc1cccc(Cl)c1C(N)=S. The van der Waals surface area contributed by atoms with Crippen molar-refractivity contribution in [2.75, 3.05) is 5.32 Å². The minimum absolute atomic E-state index is 0.353. The van der Waals surface area contributed by atoms with Crippen molar-refractivity contribution in [1.29, 1.82) is 0 Å². The minimum Gasteiger partial charge on any atom is -0.389 e. The molecule has 2 rings (SSSR count). The summed E-state index contributed by atoms with van der Waals surface area (Å²) in [5.74, 6) is 0.790. The van der Waals surface area contributed by atoms with E-state index in [1.165, 1.54) is 19.3 Å². The molecule has 0 aliphatic heterocycles. The van der Waals surface area contributed by atoms with Crippen LogP contribution in [0.5, 0.6) is 0 Å². The second-order valence-corrected chi connectivity index (χ2v) is 5.41. The van der Waals surface area contributed by atoms with Gasteiger partial charge in [0.1, 0.15) is 4.99 Å². The van der Waals surface area contributed by atoms with Crippen LogP contribution in [-0.4, -0.2) is 11.0 Å². The predicted octanol–water partition coefficient (Wildman–Crippen LogP) is 3.57. The van der Waals surface area contributed by atoms with Crippen LogP contribution in [0.15, 0.2) is 18.2 Å². The van der Waals surface area contributed by atoms with Crippen molar-refractivity contribution < 1.29 is 0 Å². The van der Waals surface area contributed by atoms with E-state index in [1.54, 1.807) is 0 Å². The molecule has 1 aromatic rings. The topological polar surface area (TPSA) is 38.0 Å². The van der Waals surface area contributed by atoms with Crippen molar-refractivity contribution >= 4 is 34.5 Å². The summed E-state index contributed by atoms with van der Waals surface area (Å²) >= 11 is 11.2. The number of hydrogen-bond donors (Lipinski definition) is 2. The summed E-state index contributed by atoms with van der Waals surface area (Å²) in [4.78, 5) is 0.353. The molecule has 1 aromatic carbocycles. The fraction of sp³-hybridized carbons (Fsp3) is 0.462. The summed E-state index contributed by atoms with van der Waals surface area (Å²) in [7, 11) is 0. The lowest BCUT2D eigenvalue weighted by molar-refractivity contribution is 0.693. The first kappa shape index (κ1) is 12.7. The molecule has 1 aliphatic carbocycles. The first-order valence-corrected chi connectivity index (χ1v) is 6.77. The van der Waals surface area contributed by atoms with E-state index >= 15 is 0 Å². The first-order chi connectivity index (χ1) is 8.13. The van der Waals surface area contributed by atoms with E-state index in [1.807, 2.05) is 18.2 Å². The summed E-state index contributed by atoms with van der Waals surface area (Å²) in [5, 5.41) is 4.11. The maximum Gasteiger partial charge on any atom is 0.107 e. The molecule has 0 bridgehead atoms. The van der Waals surface area contributed by atoms with Gasteiger partial charge in [0.05, 0.1) is 10.6 Å². The Morgan fingerprint density at radius 1 is 1.59 bits per heavy atom. The van der Waals surface area contributed by atoms with Crippen LogP contribution < -0.4 is 11.1 Å². The van der Waals surface area contributed by atoms with Crippen LogP contribution in [0.4, 0.5) is 5.69 Å². The zero-order valence-corrected chi connectivity index (χ0v) is 11.4. The van der Waals surface area contributed by atoms with Crippen LogP contribution in [0.2, 0.25) is 5.02 Å². The minimum atomic E-state index is 0.353. The monoisotopic (exact) mass is 268 g/mol.